The number of benzene rings is 3. The largest absolute Gasteiger partial charge is 0.508 e. The summed E-state index contributed by atoms with van der Waals surface area (Å²) < 4.78 is 31.7. The minimum absolute atomic E-state index is 0.00979. The Morgan fingerprint density at radius 1 is 0.984 bits per heavy atom. The van der Waals surface area contributed by atoms with E-state index in [9.17, 15) is 25.4 Å². The van der Waals surface area contributed by atoms with Crippen LogP contribution in [0.15, 0.2) is 96.2 Å². The van der Waals surface area contributed by atoms with Gasteiger partial charge in [-0.05, 0) is 116 Å². The summed E-state index contributed by atoms with van der Waals surface area (Å²) in [5.41, 5.74) is 3.55. The van der Waals surface area contributed by atoms with Crippen LogP contribution in [-0.4, -0.2) is 88.1 Å². The Bertz CT molecular complexity index is 2240. The molecule has 2 fully saturated rings. The van der Waals surface area contributed by atoms with Gasteiger partial charge in [-0.15, -0.1) is 6.58 Å². The molecule has 340 valence electrons. The number of non-ortho nitro benzene ring substituents is 1. The fourth-order valence-corrected chi connectivity index (χ4v) is 10.1. The summed E-state index contributed by atoms with van der Waals surface area (Å²) in [6.45, 7) is 4.92. The van der Waals surface area contributed by atoms with Gasteiger partial charge < -0.3 is 48.7 Å². The average Bonchev–Trinajstić information content (AvgIpc) is 3.79. The molecule has 3 aromatic rings. The van der Waals surface area contributed by atoms with Crippen LogP contribution < -0.4 is 14.2 Å². The number of unbranched alkanes of at least 4 members (excludes halogenated alkanes) is 2. The molecule has 0 radical (unpaired) electrons. The smallest absolute Gasteiger partial charge is 0.269 e. The van der Waals surface area contributed by atoms with Crippen LogP contribution in [0.3, 0.4) is 0 Å². The summed E-state index contributed by atoms with van der Waals surface area (Å²) >= 11 is 0. The lowest BCUT2D eigenvalue weighted by Crippen LogP contribution is -2.70. The Morgan fingerprint density at radius 3 is 2.52 bits per heavy atom. The Kier molecular flexibility index (Phi) is 14.3. The fourth-order valence-electron chi connectivity index (χ4n) is 10.1. The monoisotopic (exact) mass is 879 g/mol. The molecule has 64 heavy (non-hydrogen) atoms. The number of aliphatic hydroxyl groups is 2. The number of aromatic hydroxyl groups is 1. The lowest BCUT2D eigenvalue weighted by molar-refractivity contribution is -0.384. The molecule has 1 saturated carbocycles. The van der Waals surface area contributed by atoms with Crippen molar-refractivity contribution in [2.24, 2.45) is 22.9 Å². The van der Waals surface area contributed by atoms with Crippen LogP contribution in [0.25, 0.3) is 6.08 Å². The highest BCUT2D eigenvalue weighted by atomic mass is 16.8. The van der Waals surface area contributed by atoms with Crippen molar-refractivity contribution in [1.82, 2.24) is 4.90 Å². The van der Waals surface area contributed by atoms with Crippen LogP contribution in [-0.2, 0) is 25.7 Å². The second-order valence-electron chi connectivity index (χ2n) is 17.0. The number of carbonyl (C=O) groups excluding carboxylic acids is 1. The van der Waals surface area contributed by atoms with Gasteiger partial charge in [-0.25, -0.2) is 0 Å². The van der Waals surface area contributed by atoms with Crippen LogP contribution in [0.1, 0.15) is 86.8 Å². The number of rotatable bonds is 19. The van der Waals surface area contributed by atoms with Crippen molar-refractivity contribution in [1.29, 1.82) is 0 Å². The summed E-state index contributed by atoms with van der Waals surface area (Å²) in [5, 5.41) is 47.2. The Hall–Kier alpha value is -5.74. The van der Waals surface area contributed by atoms with Crippen LogP contribution in [0, 0.1) is 27.9 Å². The van der Waals surface area contributed by atoms with Crippen molar-refractivity contribution >= 4 is 23.4 Å². The molecule has 0 spiro atoms. The summed E-state index contributed by atoms with van der Waals surface area (Å²) in [7, 11) is 0. The molecule has 3 aliphatic heterocycles. The van der Waals surface area contributed by atoms with Crippen molar-refractivity contribution in [3.63, 3.8) is 0 Å². The first kappa shape index (κ1) is 44.9. The first-order valence-corrected chi connectivity index (χ1v) is 22.4. The van der Waals surface area contributed by atoms with Gasteiger partial charge in [-0.3, -0.25) is 14.9 Å². The molecule has 3 N–H and O–H groups in total. The quantitative estimate of drug-likeness (QED) is 0.0347. The molecule has 1 amide bonds. The van der Waals surface area contributed by atoms with E-state index in [0.29, 0.717) is 54.4 Å². The molecule has 8 rings (SSSR count). The van der Waals surface area contributed by atoms with Crippen LogP contribution in [0.2, 0.25) is 0 Å². The highest BCUT2D eigenvalue weighted by Gasteiger charge is 2.65. The number of nitro benzene ring substituents is 1. The molecule has 0 aromatic heterocycles. The Balaban J connectivity index is 1.32. The number of carbonyl (C=O) groups is 1. The standard InChI is InChI=1S/C49H57N3O12/c1-2-24-62-49-44(51(30-33-14-19-42-43(26-33)61-31-60-42)45(56)21-15-32-12-16-35(17-13-32)52(57)58)29-40(50-64-46-11-5-8-25-59-46)38-27-34(9-3-6-22-53)37(10-4-7-23-54)47(48(38)49)39-28-36(55)18-20-41(39)63-49/h2,12-21,26-28,34,37,44,46-48,53-55H,1,3-11,22-25,29-31H2. The van der Waals surface area contributed by atoms with Gasteiger partial charge in [0.05, 0.1) is 29.8 Å². The molecule has 15 nitrogen and oxygen atoms in total. The van der Waals surface area contributed by atoms with E-state index in [1.54, 1.807) is 47.4 Å². The van der Waals surface area contributed by atoms with E-state index in [0.717, 1.165) is 55.2 Å². The van der Waals surface area contributed by atoms with E-state index in [1.165, 1.54) is 18.2 Å². The lowest BCUT2D eigenvalue weighted by Gasteiger charge is -2.60. The number of hydrogen-bond donors (Lipinski definition) is 3. The van der Waals surface area contributed by atoms with Crippen LogP contribution >= 0.6 is 0 Å². The molecule has 3 aromatic carbocycles. The SMILES string of the molecule is C=CCOC12Oc3ccc(O)cc3C3C(CCCCO)C(CCCCO)C=C(C(=NOC4CCCCO4)CC1N(Cc1ccc4c(c1)OCO4)C(=O)C=Cc1ccc([N+](=O)[O-])cc1)C32. The number of allylic oxidation sites excluding steroid dienone is 1. The third-order valence-electron chi connectivity index (χ3n) is 13.0. The van der Waals surface area contributed by atoms with Crippen LogP contribution in [0.4, 0.5) is 5.69 Å². The zero-order valence-electron chi connectivity index (χ0n) is 35.9. The van der Waals surface area contributed by atoms with Crippen molar-refractivity contribution in [2.45, 2.75) is 94.8 Å². The number of phenols is 1. The highest BCUT2D eigenvalue weighted by molar-refractivity contribution is 6.03. The van der Waals surface area contributed by atoms with Gasteiger partial charge in [0.15, 0.2) is 11.5 Å². The maximum atomic E-state index is 15.2. The van der Waals surface area contributed by atoms with Gasteiger partial charge in [0, 0.05) is 62.3 Å². The van der Waals surface area contributed by atoms with E-state index in [1.807, 2.05) is 18.2 Å². The average molecular weight is 880 g/mol. The molecule has 3 heterocycles. The van der Waals surface area contributed by atoms with E-state index in [2.05, 4.69) is 12.7 Å². The number of amides is 1. The predicted molar refractivity (Wildman–Crippen MR) is 237 cm³/mol. The topological polar surface area (TPSA) is 192 Å². The van der Waals surface area contributed by atoms with Gasteiger partial charge in [0.2, 0.25) is 24.8 Å². The molecule has 5 aliphatic rings. The van der Waals surface area contributed by atoms with Crippen molar-refractivity contribution < 1.29 is 53.6 Å². The molecule has 0 bridgehead atoms. The molecular weight excluding hydrogens is 823 g/mol. The normalized spacial score (nSPS) is 26.1. The number of aliphatic hydroxyl groups excluding tert-OH is 2. The summed E-state index contributed by atoms with van der Waals surface area (Å²) in [6, 6.07) is 15.7. The van der Waals surface area contributed by atoms with E-state index in [4.69, 9.17) is 33.7 Å². The number of fused-ring (bicyclic) bond motifs is 3. The minimum atomic E-state index is -1.55. The third kappa shape index (κ3) is 9.53. The van der Waals surface area contributed by atoms with Crippen LogP contribution in [0.5, 0.6) is 23.0 Å². The molecule has 15 heteroatoms. The third-order valence-corrected chi connectivity index (χ3v) is 13.0. The summed E-state index contributed by atoms with van der Waals surface area (Å²) in [5.74, 6) is -1.13. The maximum absolute atomic E-state index is 15.2. The Labute approximate surface area is 372 Å². The Morgan fingerprint density at radius 2 is 1.77 bits per heavy atom. The van der Waals surface area contributed by atoms with Gasteiger partial charge >= 0.3 is 0 Å². The number of nitrogens with zero attached hydrogens (tertiary/aromatic N) is 3. The molecular formula is C49H57N3O12. The summed E-state index contributed by atoms with van der Waals surface area (Å²) in [4.78, 5) is 34.1. The second-order valence-corrected chi connectivity index (χ2v) is 17.0. The first-order valence-electron chi connectivity index (χ1n) is 22.4. The van der Waals surface area contributed by atoms with Crippen molar-refractivity contribution in [3.05, 3.63) is 118 Å². The number of ether oxygens (including phenoxy) is 5. The number of phenolic OH excluding ortho intramolecular Hbond substituents is 1. The fraction of sp³-hybridized carbons (Fsp3) is 0.469. The van der Waals surface area contributed by atoms with E-state index < -0.39 is 29.0 Å². The molecule has 2 aliphatic carbocycles. The van der Waals surface area contributed by atoms with Crippen molar-refractivity contribution in [2.75, 3.05) is 33.2 Å². The maximum Gasteiger partial charge on any atom is 0.269 e. The zero-order valence-corrected chi connectivity index (χ0v) is 35.9. The van der Waals surface area contributed by atoms with E-state index >= 15 is 4.79 Å². The zero-order chi connectivity index (χ0) is 44.6. The van der Waals surface area contributed by atoms with Gasteiger partial charge in [0.25, 0.3) is 5.69 Å². The van der Waals surface area contributed by atoms with Crippen molar-refractivity contribution in [3.8, 4) is 23.0 Å². The lowest BCUT2D eigenvalue weighted by atomic mass is 9.55. The minimum Gasteiger partial charge on any atom is -0.508 e. The van der Waals surface area contributed by atoms with Gasteiger partial charge in [-0.2, -0.15) is 0 Å². The highest BCUT2D eigenvalue weighted by Crippen LogP contribution is 2.62. The summed E-state index contributed by atoms with van der Waals surface area (Å²) in [6.07, 6.45) is 13.4. The van der Waals surface area contributed by atoms with Gasteiger partial charge in [0.1, 0.15) is 17.5 Å². The first-order chi connectivity index (χ1) is 31.2. The molecule has 1 saturated heterocycles. The van der Waals surface area contributed by atoms with E-state index in [-0.39, 0.29) is 74.7 Å². The molecule has 7 atom stereocenters. The predicted octanol–water partition coefficient (Wildman–Crippen LogP) is 7.93. The number of oxime groups is 1. The number of hydrogen-bond acceptors (Lipinski definition) is 13. The number of nitro groups is 1. The second kappa shape index (κ2) is 20.4. The molecule has 7 unspecified atom stereocenters. The van der Waals surface area contributed by atoms with Gasteiger partial charge in [-0.1, -0.05) is 36.2 Å².